The van der Waals surface area contributed by atoms with Gasteiger partial charge in [-0.25, -0.2) is 9.59 Å². The van der Waals surface area contributed by atoms with Gasteiger partial charge in [-0.3, -0.25) is 0 Å². The number of aromatic carboxylic acids is 1. The summed E-state index contributed by atoms with van der Waals surface area (Å²) < 4.78 is 38.3. The number of alkyl halides is 3. The summed E-state index contributed by atoms with van der Waals surface area (Å²) in [5.74, 6) is -3.25. The number of benzene rings is 1. The lowest BCUT2D eigenvalue weighted by Crippen LogP contribution is -2.21. The Morgan fingerprint density at radius 2 is 1.62 bits per heavy atom. The Labute approximate surface area is 87.3 Å². The Morgan fingerprint density at radius 3 is 2.06 bits per heavy atom. The second kappa shape index (κ2) is 4.21. The molecule has 86 valence electrons. The van der Waals surface area contributed by atoms with Gasteiger partial charge in [0, 0.05) is 0 Å². The Kier molecular flexibility index (Phi) is 3.17. The first-order chi connectivity index (χ1) is 7.31. The van der Waals surface area contributed by atoms with E-state index in [4.69, 9.17) is 5.11 Å². The van der Waals surface area contributed by atoms with Crippen molar-refractivity contribution in [3.8, 4) is 0 Å². The molecule has 0 aliphatic rings. The van der Waals surface area contributed by atoms with Crippen LogP contribution in [-0.2, 0) is 4.74 Å². The van der Waals surface area contributed by atoms with Gasteiger partial charge in [0.25, 0.3) is 0 Å². The molecule has 0 saturated carbocycles. The molecular formula is C9H5F3O4. The van der Waals surface area contributed by atoms with E-state index in [1.54, 1.807) is 0 Å². The number of carbonyl (C=O) groups is 2. The quantitative estimate of drug-likeness (QED) is 0.795. The summed E-state index contributed by atoms with van der Waals surface area (Å²) in [6.45, 7) is 0. The van der Waals surface area contributed by atoms with E-state index in [-0.39, 0.29) is 0 Å². The second-order valence-electron chi connectivity index (χ2n) is 2.69. The monoisotopic (exact) mass is 234 g/mol. The van der Waals surface area contributed by atoms with Crippen molar-refractivity contribution in [2.24, 2.45) is 0 Å². The molecule has 4 nitrogen and oxygen atoms in total. The van der Waals surface area contributed by atoms with Crippen molar-refractivity contribution in [3.63, 3.8) is 0 Å². The molecule has 1 aromatic carbocycles. The number of hydrogen-bond donors (Lipinski definition) is 1. The van der Waals surface area contributed by atoms with Gasteiger partial charge in [-0.05, 0) is 12.1 Å². The number of carbonyl (C=O) groups excluding carboxylic acids is 1. The maximum Gasteiger partial charge on any atom is 0.575 e. The van der Waals surface area contributed by atoms with Crippen LogP contribution in [0.3, 0.4) is 0 Å². The third-order valence-electron chi connectivity index (χ3n) is 1.59. The summed E-state index contributed by atoms with van der Waals surface area (Å²) in [6, 6.07) is 4.47. The zero-order chi connectivity index (χ0) is 12.3. The molecule has 16 heavy (non-hydrogen) atoms. The molecule has 0 atom stereocenters. The smallest absolute Gasteiger partial charge is 0.478 e. The van der Waals surface area contributed by atoms with Gasteiger partial charge in [0.2, 0.25) is 0 Å². The van der Waals surface area contributed by atoms with Crippen LogP contribution in [0.15, 0.2) is 24.3 Å². The lowest BCUT2D eigenvalue weighted by molar-refractivity contribution is -0.291. The lowest BCUT2D eigenvalue weighted by Gasteiger charge is -2.08. The van der Waals surface area contributed by atoms with Gasteiger partial charge in [-0.1, -0.05) is 12.1 Å². The largest absolute Gasteiger partial charge is 0.575 e. The van der Waals surface area contributed by atoms with Gasteiger partial charge in [0.05, 0.1) is 11.1 Å². The SMILES string of the molecule is O=C(O)c1ccccc1C(=O)OC(F)(F)F. The molecule has 0 saturated heterocycles. The van der Waals surface area contributed by atoms with Crippen molar-refractivity contribution >= 4 is 11.9 Å². The maximum absolute atomic E-state index is 11.7. The molecule has 7 heteroatoms. The average molecular weight is 234 g/mol. The third kappa shape index (κ3) is 2.97. The Morgan fingerprint density at radius 1 is 1.12 bits per heavy atom. The van der Waals surface area contributed by atoms with Crippen LogP contribution in [0.5, 0.6) is 0 Å². The molecule has 0 unspecified atom stereocenters. The first-order valence-electron chi connectivity index (χ1n) is 3.93. The van der Waals surface area contributed by atoms with Crippen LogP contribution in [0.25, 0.3) is 0 Å². The van der Waals surface area contributed by atoms with E-state index in [0.29, 0.717) is 0 Å². The van der Waals surface area contributed by atoms with Crippen molar-refractivity contribution < 1.29 is 32.6 Å². The van der Waals surface area contributed by atoms with E-state index in [1.165, 1.54) is 12.1 Å². The maximum atomic E-state index is 11.7. The van der Waals surface area contributed by atoms with Crippen molar-refractivity contribution in [2.75, 3.05) is 0 Å². The van der Waals surface area contributed by atoms with Gasteiger partial charge in [0.1, 0.15) is 0 Å². The summed E-state index contributed by atoms with van der Waals surface area (Å²) in [6.07, 6.45) is -5.14. The molecule has 0 fully saturated rings. The Hall–Kier alpha value is -2.05. The van der Waals surface area contributed by atoms with Crippen molar-refractivity contribution in [3.05, 3.63) is 35.4 Å². The average Bonchev–Trinajstić information content (AvgIpc) is 2.15. The molecule has 0 radical (unpaired) electrons. The van der Waals surface area contributed by atoms with Crippen LogP contribution in [0.2, 0.25) is 0 Å². The number of hydrogen-bond acceptors (Lipinski definition) is 3. The number of rotatable bonds is 2. The van der Waals surface area contributed by atoms with Gasteiger partial charge in [-0.15, -0.1) is 13.2 Å². The standard InChI is InChI=1S/C9H5F3O4/c10-9(11,12)16-8(15)6-4-2-1-3-5(6)7(13)14/h1-4H,(H,13,14). The molecule has 0 bridgehead atoms. The van der Waals surface area contributed by atoms with Gasteiger partial charge < -0.3 is 9.84 Å². The van der Waals surface area contributed by atoms with E-state index in [0.717, 1.165) is 12.1 Å². The van der Waals surface area contributed by atoms with Gasteiger partial charge in [0.15, 0.2) is 0 Å². The van der Waals surface area contributed by atoms with Gasteiger partial charge in [-0.2, -0.15) is 0 Å². The predicted octanol–water partition coefficient (Wildman–Crippen LogP) is 2.06. The van der Waals surface area contributed by atoms with Crippen LogP contribution < -0.4 is 0 Å². The Bertz CT molecular complexity index is 425. The molecule has 0 aliphatic carbocycles. The summed E-state index contributed by atoms with van der Waals surface area (Å²) in [5, 5.41) is 8.62. The predicted molar refractivity (Wildman–Crippen MR) is 44.9 cm³/mol. The van der Waals surface area contributed by atoms with Gasteiger partial charge >= 0.3 is 18.3 Å². The van der Waals surface area contributed by atoms with Crippen LogP contribution >= 0.6 is 0 Å². The highest BCUT2D eigenvalue weighted by Gasteiger charge is 2.35. The summed E-state index contributed by atoms with van der Waals surface area (Å²) >= 11 is 0. The molecule has 0 aromatic heterocycles. The van der Waals surface area contributed by atoms with E-state index in [2.05, 4.69) is 4.74 Å². The van der Waals surface area contributed by atoms with Crippen molar-refractivity contribution in [1.82, 2.24) is 0 Å². The lowest BCUT2D eigenvalue weighted by atomic mass is 10.1. The minimum atomic E-state index is -5.14. The topological polar surface area (TPSA) is 63.6 Å². The van der Waals surface area contributed by atoms with Crippen LogP contribution in [0.4, 0.5) is 13.2 Å². The number of esters is 1. The van der Waals surface area contributed by atoms with Crippen LogP contribution in [-0.4, -0.2) is 23.4 Å². The molecule has 0 spiro atoms. The molecule has 0 heterocycles. The zero-order valence-corrected chi connectivity index (χ0v) is 7.62. The highest BCUT2D eigenvalue weighted by molar-refractivity contribution is 6.02. The molecule has 1 rings (SSSR count). The summed E-state index contributed by atoms with van der Waals surface area (Å²) in [4.78, 5) is 21.6. The molecular weight excluding hydrogens is 229 g/mol. The van der Waals surface area contributed by atoms with Crippen molar-refractivity contribution in [2.45, 2.75) is 6.36 Å². The van der Waals surface area contributed by atoms with E-state index >= 15 is 0 Å². The normalized spacial score (nSPS) is 10.9. The summed E-state index contributed by atoms with van der Waals surface area (Å²) in [7, 11) is 0. The molecule has 1 N–H and O–H groups in total. The van der Waals surface area contributed by atoms with Crippen LogP contribution in [0.1, 0.15) is 20.7 Å². The fourth-order valence-electron chi connectivity index (χ4n) is 1.01. The summed E-state index contributed by atoms with van der Waals surface area (Å²) in [5.41, 5.74) is -1.19. The highest BCUT2D eigenvalue weighted by Crippen LogP contribution is 2.20. The first kappa shape index (κ1) is 12.0. The fraction of sp³-hybridized carbons (Fsp3) is 0.111. The zero-order valence-electron chi connectivity index (χ0n) is 7.62. The van der Waals surface area contributed by atoms with E-state index in [1.807, 2.05) is 0 Å². The molecule has 1 aromatic rings. The number of halogens is 3. The highest BCUT2D eigenvalue weighted by atomic mass is 19.4. The Balaban J connectivity index is 3.04. The number of carboxylic acids is 1. The molecule has 0 aliphatic heterocycles. The van der Waals surface area contributed by atoms with Crippen molar-refractivity contribution in [1.29, 1.82) is 0 Å². The minimum Gasteiger partial charge on any atom is -0.478 e. The van der Waals surface area contributed by atoms with E-state index in [9.17, 15) is 22.8 Å². The second-order valence-corrected chi connectivity index (χ2v) is 2.69. The van der Waals surface area contributed by atoms with Crippen LogP contribution in [0, 0.1) is 0 Å². The van der Waals surface area contributed by atoms with E-state index < -0.39 is 29.4 Å². The molecule has 0 amide bonds. The fourth-order valence-corrected chi connectivity index (χ4v) is 1.01. The third-order valence-corrected chi connectivity index (χ3v) is 1.59. The number of carboxylic acid groups (broad SMARTS) is 1. The number of ether oxygens (including phenoxy) is 1. The first-order valence-corrected chi connectivity index (χ1v) is 3.93. The minimum absolute atomic E-state index is 0.545.